The molecular formula is C17H18ClN3O2. The number of benzene rings is 2. The Hall–Kier alpha value is -2.53. The fraction of sp³-hybridized carbons (Fsp3) is 0.176. The molecule has 23 heavy (non-hydrogen) atoms. The highest BCUT2D eigenvalue weighted by atomic mass is 35.5. The number of nitrogens with one attached hydrogen (secondary N) is 2. The Morgan fingerprint density at radius 1 is 1.00 bits per heavy atom. The number of nitrogens with zero attached hydrogens (tertiary/aromatic N) is 1. The van der Waals surface area contributed by atoms with Crippen LogP contribution in [0.25, 0.3) is 0 Å². The van der Waals surface area contributed by atoms with E-state index in [4.69, 9.17) is 11.6 Å². The molecular weight excluding hydrogens is 314 g/mol. The number of hydrogen-bond acceptors (Lipinski definition) is 3. The molecule has 2 aromatic carbocycles. The summed E-state index contributed by atoms with van der Waals surface area (Å²) in [7, 11) is 3.78. The van der Waals surface area contributed by atoms with Crippen LogP contribution in [0.3, 0.4) is 0 Å². The second-order valence-corrected chi connectivity index (χ2v) is 5.70. The quantitative estimate of drug-likeness (QED) is 0.899. The lowest BCUT2D eigenvalue weighted by molar-refractivity contribution is -0.114. The van der Waals surface area contributed by atoms with E-state index in [0.717, 1.165) is 5.69 Å². The van der Waals surface area contributed by atoms with Crippen LogP contribution in [-0.2, 0) is 4.79 Å². The minimum Gasteiger partial charge on any atom is -0.376 e. The van der Waals surface area contributed by atoms with Crippen molar-refractivity contribution in [3.05, 3.63) is 53.1 Å². The van der Waals surface area contributed by atoms with Crippen LogP contribution in [0, 0.1) is 0 Å². The van der Waals surface area contributed by atoms with Crippen LogP contribution in [0.4, 0.5) is 17.1 Å². The van der Waals surface area contributed by atoms with E-state index in [1.165, 1.54) is 6.92 Å². The van der Waals surface area contributed by atoms with Crippen molar-refractivity contribution in [2.24, 2.45) is 0 Å². The Bertz CT molecular complexity index is 727. The zero-order chi connectivity index (χ0) is 17.0. The molecule has 0 aliphatic carbocycles. The molecule has 0 radical (unpaired) electrons. The summed E-state index contributed by atoms with van der Waals surface area (Å²) >= 11 is 6.01. The first-order chi connectivity index (χ1) is 10.9. The molecule has 0 aromatic heterocycles. The number of rotatable bonds is 4. The van der Waals surface area contributed by atoms with Gasteiger partial charge in [-0.15, -0.1) is 0 Å². The monoisotopic (exact) mass is 331 g/mol. The highest BCUT2D eigenvalue weighted by molar-refractivity contribution is 6.31. The number of carbonyl (C=O) groups excluding carboxylic acids is 2. The number of carbonyl (C=O) groups is 2. The van der Waals surface area contributed by atoms with Crippen molar-refractivity contribution in [2.75, 3.05) is 29.6 Å². The molecule has 2 aromatic rings. The Labute approximate surface area is 140 Å². The topological polar surface area (TPSA) is 61.4 Å². The number of amides is 2. The van der Waals surface area contributed by atoms with Crippen molar-refractivity contribution >= 4 is 40.5 Å². The van der Waals surface area contributed by atoms with Crippen molar-refractivity contribution in [1.82, 2.24) is 0 Å². The first-order valence-electron chi connectivity index (χ1n) is 7.02. The normalized spacial score (nSPS) is 10.1. The summed E-state index contributed by atoms with van der Waals surface area (Å²) < 4.78 is 0. The van der Waals surface area contributed by atoms with Crippen molar-refractivity contribution in [3.63, 3.8) is 0 Å². The van der Waals surface area contributed by atoms with E-state index in [9.17, 15) is 9.59 Å². The Morgan fingerprint density at radius 2 is 1.65 bits per heavy atom. The number of hydrogen-bond donors (Lipinski definition) is 2. The van der Waals surface area contributed by atoms with Gasteiger partial charge in [-0.1, -0.05) is 11.6 Å². The van der Waals surface area contributed by atoms with Gasteiger partial charge in [0.2, 0.25) is 5.91 Å². The van der Waals surface area contributed by atoms with Crippen molar-refractivity contribution < 1.29 is 9.59 Å². The third-order valence-electron chi connectivity index (χ3n) is 3.16. The Balaban J connectivity index is 2.19. The first kappa shape index (κ1) is 16.8. The third kappa shape index (κ3) is 4.47. The average molecular weight is 332 g/mol. The zero-order valence-corrected chi connectivity index (χ0v) is 13.9. The van der Waals surface area contributed by atoms with E-state index in [1.54, 1.807) is 36.4 Å². The molecule has 0 saturated carbocycles. The Kier molecular flexibility index (Phi) is 5.24. The van der Waals surface area contributed by atoms with Crippen molar-refractivity contribution in [2.45, 2.75) is 6.92 Å². The van der Waals surface area contributed by atoms with E-state index in [-0.39, 0.29) is 11.8 Å². The maximum Gasteiger partial charge on any atom is 0.255 e. The number of halogens is 1. The molecule has 2 rings (SSSR count). The van der Waals surface area contributed by atoms with Crippen LogP contribution < -0.4 is 15.5 Å². The van der Waals surface area contributed by atoms with Crippen LogP contribution in [0.15, 0.2) is 42.5 Å². The molecule has 0 unspecified atom stereocenters. The lowest BCUT2D eigenvalue weighted by atomic mass is 10.1. The second-order valence-electron chi connectivity index (χ2n) is 5.27. The van der Waals surface area contributed by atoms with Crippen LogP contribution >= 0.6 is 11.6 Å². The lowest BCUT2D eigenvalue weighted by Crippen LogP contribution is -2.16. The first-order valence-corrected chi connectivity index (χ1v) is 7.40. The van der Waals surface area contributed by atoms with Crippen LogP contribution in [0.1, 0.15) is 17.3 Å². The highest BCUT2D eigenvalue weighted by Crippen LogP contribution is 2.28. The maximum absolute atomic E-state index is 12.4. The van der Waals surface area contributed by atoms with E-state index in [1.807, 2.05) is 25.1 Å². The van der Waals surface area contributed by atoms with Crippen LogP contribution in [0.5, 0.6) is 0 Å². The molecule has 0 atom stereocenters. The summed E-state index contributed by atoms with van der Waals surface area (Å²) in [6, 6.07) is 12.0. The van der Waals surface area contributed by atoms with Gasteiger partial charge in [0.1, 0.15) is 0 Å². The summed E-state index contributed by atoms with van der Waals surface area (Å²) in [5.41, 5.74) is 2.63. The van der Waals surface area contributed by atoms with Gasteiger partial charge in [0.25, 0.3) is 5.91 Å². The third-order valence-corrected chi connectivity index (χ3v) is 3.39. The van der Waals surface area contributed by atoms with Crippen LogP contribution in [0.2, 0.25) is 5.02 Å². The van der Waals surface area contributed by atoms with Crippen molar-refractivity contribution in [1.29, 1.82) is 0 Å². The van der Waals surface area contributed by atoms with Gasteiger partial charge >= 0.3 is 0 Å². The molecule has 0 spiro atoms. The molecule has 0 aliphatic rings. The fourth-order valence-electron chi connectivity index (χ4n) is 2.10. The van der Waals surface area contributed by atoms with Gasteiger partial charge in [-0.2, -0.15) is 0 Å². The molecule has 5 nitrogen and oxygen atoms in total. The van der Waals surface area contributed by atoms with E-state index in [2.05, 4.69) is 10.6 Å². The molecule has 120 valence electrons. The van der Waals surface area contributed by atoms with Gasteiger partial charge in [0.15, 0.2) is 0 Å². The van der Waals surface area contributed by atoms with Gasteiger partial charge in [-0.3, -0.25) is 9.59 Å². The minimum absolute atomic E-state index is 0.156. The SMILES string of the molecule is CC(=O)Nc1ccc(C(=O)Nc2cc(Cl)ccc2N(C)C)cc1. The predicted molar refractivity (Wildman–Crippen MR) is 94.5 cm³/mol. The molecule has 0 bridgehead atoms. The fourth-order valence-corrected chi connectivity index (χ4v) is 2.27. The molecule has 0 fully saturated rings. The summed E-state index contributed by atoms with van der Waals surface area (Å²) in [4.78, 5) is 25.3. The maximum atomic E-state index is 12.4. The molecule has 2 N–H and O–H groups in total. The zero-order valence-electron chi connectivity index (χ0n) is 13.2. The molecule has 6 heteroatoms. The minimum atomic E-state index is -0.246. The highest BCUT2D eigenvalue weighted by Gasteiger charge is 2.11. The van der Waals surface area contributed by atoms with Gasteiger partial charge in [0, 0.05) is 37.3 Å². The molecule has 0 saturated heterocycles. The molecule has 0 aliphatic heterocycles. The molecule has 2 amide bonds. The summed E-state index contributed by atoms with van der Waals surface area (Å²) in [6.07, 6.45) is 0. The van der Waals surface area contributed by atoms with Gasteiger partial charge in [-0.25, -0.2) is 0 Å². The smallest absolute Gasteiger partial charge is 0.255 e. The number of anilines is 3. The second kappa shape index (κ2) is 7.15. The lowest BCUT2D eigenvalue weighted by Gasteiger charge is -2.18. The van der Waals surface area contributed by atoms with E-state index < -0.39 is 0 Å². The van der Waals surface area contributed by atoms with E-state index in [0.29, 0.717) is 22.0 Å². The largest absolute Gasteiger partial charge is 0.376 e. The van der Waals surface area contributed by atoms with Crippen LogP contribution in [-0.4, -0.2) is 25.9 Å². The average Bonchev–Trinajstić information content (AvgIpc) is 2.47. The Morgan fingerprint density at radius 3 is 2.22 bits per heavy atom. The van der Waals surface area contributed by atoms with Gasteiger partial charge in [0.05, 0.1) is 11.4 Å². The standard InChI is InChI=1S/C17H18ClN3O2/c1-11(22)19-14-7-4-12(5-8-14)17(23)20-15-10-13(18)6-9-16(15)21(2)3/h4-10H,1-3H3,(H,19,22)(H,20,23). The summed E-state index contributed by atoms with van der Waals surface area (Å²) in [5, 5.41) is 6.06. The van der Waals surface area contributed by atoms with E-state index >= 15 is 0 Å². The van der Waals surface area contributed by atoms with Gasteiger partial charge in [-0.05, 0) is 42.5 Å². The molecule has 0 heterocycles. The predicted octanol–water partition coefficient (Wildman–Crippen LogP) is 3.62. The summed E-state index contributed by atoms with van der Waals surface area (Å²) in [6.45, 7) is 1.43. The van der Waals surface area contributed by atoms with Gasteiger partial charge < -0.3 is 15.5 Å². The summed E-state index contributed by atoms with van der Waals surface area (Å²) in [5.74, 6) is -0.401. The van der Waals surface area contributed by atoms with Crippen molar-refractivity contribution in [3.8, 4) is 0 Å².